The van der Waals surface area contributed by atoms with Crippen LogP contribution in [0.3, 0.4) is 0 Å². The van der Waals surface area contributed by atoms with E-state index in [-0.39, 0.29) is 5.91 Å². The number of carbonyl (C=O) groups excluding carboxylic acids is 1. The van der Waals surface area contributed by atoms with Crippen LogP contribution in [0.2, 0.25) is 0 Å². The number of benzene rings is 3. The van der Waals surface area contributed by atoms with Gasteiger partial charge >= 0.3 is 0 Å². The van der Waals surface area contributed by atoms with E-state index in [1.807, 2.05) is 73.7 Å². The minimum absolute atomic E-state index is 0.247. The average molecular weight is 420 g/mol. The Labute approximate surface area is 178 Å². The van der Waals surface area contributed by atoms with Crippen LogP contribution in [0.1, 0.15) is 13.3 Å². The Morgan fingerprint density at radius 2 is 1.73 bits per heavy atom. The number of aromatic nitrogens is 2. The maximum atomic E-state index is 12.7. The highest BCUT2D eigenvalue weighted by Crippen LogP contribution is 2.28. The number of methoxy groups -OCH3 is 1. The number of carbonyl (C=O) groups is 1. The molecule has 3 aromatic carbocycles. The van der Waals surface area contributed by atoms with Crippen molar-refractivity contribution in [1.82, 2.24) is 10.2 Å². The van der Waals surface area contributed by atoms with Crippen LogP contribution in [-0.4, -0.2) is 29.3 Å². The van der Waals surface area contributed by atoms with Crippen molar-refractivity contribution in [2.45, 2.75) is 19.4 Å². The van der Waals surface area contributed by atoms with Crippen LogP contribution in [-0.2, 0) is 4.79 Å². The van der Waals surface area contributed by atoms with Crippen molar-refractivity contribution in [3.63, 3.8) is 0 Å². The van der Waals surface area contributed by atoms with Gasteiger partial charge in [0, 0.05) is 5.56 Å². The van der Waals surface area contributed by atoms with Crippen molar-refractivity contribution in [3.05, 3.63) is 66.7 Å². The molecule has 152 valence electrons. The fourth-order valence-corrected chi connectivity index (χ4v) is 3.79. The van der Waals surface area contributed by atoms with Crippen molar-refractivity contribution in [2.75, 3.05) is 12.4 Å². The van der Waals surface area contributed by atoms with Gasteiger partial charge in [0.15, 0.2) is 6.10 Å². The summed E-state index contributed by atoms with van der Waals surface area (Å²) in [5.74, 6) is 1.18. The summed E-state index contributed by atoms with van der Waals surface area (Å²) in [6.45, 7) is 1.91. The van der Waals surface area contributed by atoms with E-state index in [1.165, 1.54) is 11.3 Å². The summed E-state index contributed by atoms with van der Waals surface area (Å²) in [5.41, 5.74) is 0.910. The van der Waals surface area contributed by atoms with Gasteiger partial charge in [0.1, 0.15) is 16.5 Å². The first-order chi connectivity index (χ1) is 14.7. The largest absolute Gasteiger partial charge is 0.497 e. The summed E-state index contributed by atoms with van der Waals surface area (Å²) in [6.07, 6.45) is -0.0949. The molecule has 1 heterocycles. The molecule has 0 spiro atoms. The highest BCUT2D eigenvalue weighted by atomic mass is 32.1. The first-order valence-corrected chi connectivity index (χ1v) is 10.4. The van der Waals surface area contributed by atoms with Crippen LogP contribution in [0.4, 0.5) is 5.13 Å². The molecule has 0 aliphatic rings. The maximum absolute atomic E-state index is 12.7. The van der Waals surface area contributed by atoms with E-state index in [0.717, 1.165) is 27.1 Å². The standard InChI is InChI=1S/C23H21N3O3S/c1-3-20(29-19-13-8-15-6-4-5-7-17(15)14-19)21(27)24-23-26-25-22(30-23)16-9-11-18(28-2)12-10-16/h4-14,20H,3H2,1-2H3,(H,24,26,27)/t20-/m0/s1. The van der Waals surface area contributed by atoms with E-state index < -0.39 is 6.10 Å². The Morgan fingerprint density at radius 3 is 2.47 bits per heavy atom. The summed E-state index contributed by atoms with van der Waals surface area (Å²) < 4.78 is 11.1. The van der Waals surface area contributed by atoms with Crippen LogP contribution >= 0.6 is 11.3 Å². The minimum Gasteiger partial charge on any atom is -0.497 e. The Hall–Kier alpha value is -3.45. The molecule has 4 aromatic rings. The highest BCUT2D eigenvalue weighted by molar-refractivity contribution is 7.18. The number of hydrogen-bond donors (Lipinski definition) is 1. The van der Waals surface area contributed by atoms with Crippen molar-refractivity contribution in [1.29, 1.82) is 0 Å². The summed E-state index contributed by atoms with van der Waals surface area (Å²) in [5, 5.41) is 14.4. The van der Waals surface area contributed by atoms with Crippen molar-refractivity contribution >= 4 is 33.1 Å². The molecule has 6 nitrogen and oxygen atoms in total. The van der Waals surface area contributed by atoms with E-state index in [2.05, 4.69) is 15.5 Å². The van der Waals surface area contributed by atoms with E-state index >= 15 is 0 Å². The molecule has 7 heteroatoms. The number of amides is 1. The smallest absolute Gasteiger partial charge is 0.267 e. The molecule has 4 rings (SSSR count). The van der Waals surface area contributed by atoms with E-state index in [9.17, 15) is 4.79 Å². The van der Waals surface area contributed by atoms with Gasteiger partial charge in [0.2, 0.25) is 5.13 Å². The minimum atomic E-state index is -0.625. The van der Waals surface area contributed by atoms with Crippen LogP contribution < -0.4 is 14.8 Å². The number of nitrogens with one attached hydrogen (secondary N) is 1. The van der Waals surface area contributed by atoms with Gasteiger partial charge in [-0.3, -0.25) is 10.1 Å². The summed E-state index contributed by atoms with van der Waals surface area (Å²) in [6, 6.07) is 21.4. The third-order valence-electron chi connectivity index (χ3n) is 4.65. The van der Waals surface area contributed by atoms with Gasteiger partial charge in [-0.25, -0.2) is 0 Å². The van der Waals surface area contributed by atoms with Gasteiger partial charge in [-0.15, -0.1) is 10.2 Å². The second kappa shape index (κ2) is 8.92. The SMILES string of the molecule is CC[C@H](Oc1ccc2ccccc2c1)C(=O)Nc1nnc(-c2ccc(OC)cc2)s1. The van der Waals surface area contributed by atoms with Crippen molar-refractivity contribution in [2.24, 2.45) is 0 Å². The van der Waals surface area contributed by atoms with Gasteiger partial charge in [0.25, 0.3) is 5.91 Å². The second-order valence-corrected chi connectivity index (χ2v) is 7.63. The Balaban J connectivity index is 1.44. The normalized spacial score (nSPS) is 11.8. The van der Waals surface area contributed by atoms with Gasteiger partial charge < -0.3 is 9.47 Å². The summed E-state index contributed by atoms with van der Waals surface area (Å²) in [7, 11) is 1.62. The number of fused-ring (bicyclic) bond motifs is 1. The molecule has 0 fully saturated rings. The Kier molecular flexibility index (Phi) is 5.90. The lowest BCUT2D eigenvalue weighted by Gasteiger charge is -2.16. The summed E-state index contributed by atoms with van der Waals surface area (Å²) in [4.78, 5) is 12.7. The molecule has 0 unspecified atom stereocenters. The zero-order valence-corrected chi connectivity index (χ0v) is 17.5. The van der Waals surface area contributed by atoms with E-state index in [4.69, 9.17) is 9.47 Å². The molecule has 0 saturated carbocycles. The van der Waals surface area contributed by atoms with Gasteiger partial charge in [-0.2, -0.15) is 0 Å². The van der Waals surface area contributed by atoms with Crippen LogP contribution in [0.25, 0.3) is 21.3 Å². The van der Waals surface area contributed by atoms with Gasteiger partial charge in [-0.05, 0) is 53.6 Å². The molecule has 1 amide bonds. The van der Waals surface area contributed by atoms with Crippen LogP contribution in [0.5, 0.6) is 11.5 Å². The lowest BCUT2D eigenvalue weighted by atomic mass is 10.1. The number of anilines is 1. The zero-order chi connectivity index (χ0) is 20.9. The van der Waals surface area contributed by atoms with E-state index in [0.29, 0.717) is 17.3 Å². The van der Waals surface area contributed by atoms with Crippen molar-refractivity contribution < 1.29 is 14.3 Å². The molecule has 0 aliphatic heterocycles. The third-order valence-corrected chi connectivity index (χ3v) is 5.54. The number of rotatable bonds is 7. The molecule has 1 aromatic heterocycles. The van der Waals surface area contributed by atoms with E-state index in [1.54, 1.807) is 7.11 Å². The molecular weight excluding hydrogens is 398 g/mol. The molecule has 0 saturated heterocycles. The Bertz CT molecular complexity index is 1160. The predicted octanol–water partition coefficient (Wildman–Crippen LogP) is 5.16. The second-order valence-electron chi connectivity index (χ2n) is 6.65. The summed E-state index contributed by atoms with van der Waals surface area (Å²) >= 11 is 1.31. The number of ether oxygens (including phenoxy) is 2. The number of hydrogen-bond acceptors (Lipinski definition) is 6. The van der Waals surface area contributed by atoms with Crippen LogP contribution in [0.15, 0.2) is 66.7 Å². The Morgan fingerprint density at radius 1 is 1.00 bits per heavy atom. The monoisotopic (exact) mass is 419 g/mol. The molecular formula is C23H21N3O3S. The predicted molar refractivity (Wildman–Crippen MR) is 119 cm³/mol. The third kappa shape index (κ3) is 4.41. The maximum Gasteiger partial charge on any atom is 0.267 e. The number of nitrogens with zero attached hydrogens (tertiary/aromatic N) is 2. The lowest BCUT2D eigenvalue weighted by Crippen LogP contribution is -2.32. The fraction of sp³-hybridized carbons (Fsp3) is 0.174. The molecule has 0 radical (unpaired) electrons. The molecule has 0 bridgehead atoms. The van der Waals surface area contributed by atoms with Gasteiger partial charge in [-0.1, -0.05) is 48.6 Å². The zero-order valence-electron chi connectivity index (χ0n) is 16.7. The average Bonchev–Trinajstić information content (AvgIpc) is 3.25. The molecule has 0 aliphatic carbocycles. The van der Waals surface area contributed by atoms with Gasteiger partial charge in [0.05, 0.1) is 7.11 Å². The van der Waals surface area contributed by atoms with Crippen molar-refractivity contribution in [3.8, 4) is 22.1 Å². The molecule has 30 heavy (non-hydrogen) atoms. The fourth-order valence-electron chi connectivity index (χ4n) is 3.04. The first kappa shape index (κ1) is 19.8. The molecule has 1 atom stereocenters. The lowest BCUT2D eigenvalue weighted by molar-refractivity contribution is -0.122. The topological polar surface area (TPSA) is 73.3 Å². The van der Waals surface area contributed by atoms with Crippen LogP contribution in [0, 0.1) is 0 Å². The molecule has 1 N–H and O–H groups in total. The first-order valence-electron chi connectivity index (χ1n) is 9.60. The highest BCUT2D eigenvalue weighted by Gasteiger charge is 2.20. The quantitative estimate of drug-likeness (QED) is 0.448.